The molecule has 0 aliphatic rings. The largest absolute Gasteiger partial charge is 0.326 e. The summed E-state index contributed by atoms with van der Waals surface area (Å²) in [6.45, 7) is 0.682. The molecule has 1 aromatic heterocycles. The van der Waals surface area contributed by atoms with Crippen molar-refractivity contribution in [3.05, 3.63) is 21.9 Å². The van der Waals surface area contributed by atoms with Crippen LogP contribution in [0.3, 0.4) is 0 Å². The summed E-state index contributed by atoms with van der Waals surface area (Å²) >= 11 is 4.15. The molecule has 1 aromatic rings. The fourth-order valence-corrected chi connectivity index (χ4v) is 2.07. The molecule has 0 saturated carbocycles. The second kappa shape index (κ2) is 3.53. The Kier molecular flexibility index (Phi) is 2.94. The molecule has 0 atom stereocenters. The maximum Gasteiger partial charge on any atom is 0.0341 e. The molecule has 0 radical (unpaired) electrons. The molecule has 0 amide bonds. The van der Waals surface area contributed by atoms with Gasteiger partial charge in [-0.15, -0.1) is 11.3 Å². The van der Waals surface area contributed by atoms with Crippen molar-refractivity contribution in [2.75, 3.05) is 0 Å². The Bertz CT molecular complexity index is 166. The van der Waals surface area contributed by atoms with Crippen LogP contribution in [-0.2, 0) is 11.0 Å². The molecule has 1 heterocycles. The van der Waals surface area contributed by atoms with E-state index in [0.717, 1.165) is 4.43 Å². The standard InChI is InChI=1S/C6H8INS/c7-3-5-1-2-6(4-8)9-5/h1-2H,3-4,8H2. The first-order valence-electron chi connectivity index (χ1n) is 2.70. The topological polar surface area (TPSA) is 26.0 Å². The number of rotatable bonds is 2. The Labute approximate surface area is 72.4 Å². The number of nitrogens with two attached hydrogens (primary N) is 1. The summed E-state index contributed by atoms with van der Waals surface area (Å²) in [6, 6.07) is 4.23. The van der Waals surface area contributed by atoms with E-state index in [-0.39, 0.29) is 0 Å². The van der Waals surface area contributed by atoms with Crippen LogP contribution in [0, 0.1) is 0 Å². The van der Waals surface area contributed by atoms with E-state index >= 15 is 0 Å². The Morgan fingerprint density at radius 3 is 2.44 bits per heavy atom. The van der Waals surface area contributed by atoms with Crippen LogP contribution in [0.4, 0.5) is 0 Å². The summed E-state index contributed by atoms with van der Waals surface area (Å²) in [6.07, 6.45) is 0. The zero-order chi connectivity index (χ0) is 6.69. The van der Waals surface area contributed by atoms with Gasteiger partial charge in [0.1, 0.15) is 0 Å². The van der Waals surface area contributed by atoms with E-state index in [4.69, 9.17) is 5.73 Å². The van der Waals surface area contributed by atoms with Crippen LogP contribution in [0.15, 0.2) is 12.1 Å². The molecule has 1 nitrogen and oxygen atoms in total. The van der Waals surface area contributed by atoms with Gasteiger partial charge in [-0.25, -0.2) is 0 Å². The number of alkyl halides is 1. The summed E-state index contributed by atoms with van der Waals surface area (Å²) in [4.78, 5) is 2.69. The van der Waals surface area contributed by atoms with E-state index in [1.807, 2.05) is 0 Å². The lowest BCUT2D eigenvalue weighted by Crippen LogP contribution is -1.90. The second-order valence-corrected chi connectivity index (χ2v) is 3.72. The molecule has 0 spiro atoms. The molecule has 0 saturated heterocycles. The van der Waals surface area contributed by atoms with Crippen molar-refractivity contribution < 1.29 is 0 Å². The van der Waals surface area contributed by atoms with E-state index in [1.165, 1.54) is 9.75 Å². The highest BCUT2D eigenvalue weighted by Crippen LogP contribution is 2.17. The third kappa shape index (κ3) is 1.91. The zero-order valence-electron chi connectivity index (χ0n) is 4.93. The monoisotopic (exact) mass is 253 g/mol. The highest BCUT2D eigenvalue weighted by atomic mass is 127. The number of halogens is 1. The lowest BCUT2D eigenvalue weighted by atomic mass is 10.4. The van der Waals surface area contributed by atoms with Gasteiger partial charge in [-0.1, -0.05) is 22.6 Å². The maximum absolute atomic E-state index is 5.43. The number of hydrogen-bond acceptors (Lipinski definition) is 2. The summed E-state index contributed by atoms with van der Waals surface area (Å²) in [5, 5.41) is 0. The van der Waals surface area contributed by atoms with Crippen LogP contribution in [0.5, 0.6) is 0 Å². The normalized spacial score (nSPS) is 10.0. The fourth-order valence-electron chi connectivity index (χ4n) is 0.604. The van der Waals surface area contributed by atoms with Crippen LogP contribution >= 0.6 is 33.9 Å². The van der Waals surface area contributed by atoms with E-state index in [9.17, 15) is 0 Å². The van der Waals surface area contributed by atoms with Crippen molar-refractivity contribution in [2.24, 2.45) is 5.73 Å². The van der Waals surface area contributed by atoms with Crippen molar-refractivity contribution >= 4 is 33.9 Å². The van der Waals surface area contributed by atoms with Gasteiger partial charge in [0.25, 0.3) is 0 Å². The minimum Gasteiger partial charge on any atom is -0.326 e. The molecule has 0 aromatic carbocycles. The van der Waals surface area contributed by atoms with Crippen LogP contribution < -0.4 is 5.73 Å². The van der Waals surface area contributed by atoms with Gasteiger partial charge in [0.15, 0.2) is 0 Å². The van der Waals surface area contributed by atoms with Crippen LogP contribution in [-0.4, -0.2) is 0 Å². The molecule has 50 valence electrons. The van der Waals surface area contributed by atoms with Gasteiger partial charge in [0, 0.05) is 20.7 Å². The van der Waals surface area contributed by atoms with E-state index < -0.39 is 0 Å². The molecule has 0 unspecified atom stereocenters. The average molecular weight is 253 g/mol. The highest BCUT2D eigenvalue weighted by molar-refractivity contribution is 14.1. The number of hydrogen-bond donors (Lipinski definition) is 1. The van der Waals surface area contributed by atoms with Gasteiger partial charge in [-0.05, 0) is 12.1 Å². The van der Waals surface area contributed by atoms with Gasteiger partial charge in [-0.3, -0.25) is 0 Å². The van der Waals surface area contributed by atoms with Crippen molar-refractivity contribution in [2.45, 2.75) is 11.0 Å². The summed E-state index contributed by atoms with van der Waals surface area (Å²) in [7, 11) is 0. The third-order valence-corrected chi connectivity index (χ3v) is 3.50. The fraction of sp³-hybridized carbons (Fsp3) is 0.333. The maximum atomic E-state index is 5.43. The smallest absolute Gasteiger partial charge is 0.0341 e. The van der Waals surface area contributed by atoms with Crippen LogP contribution in [0.25, 0.3) is 0 Å². The van der Waals surface area contributed by atoms with Crippen molar-refractivity contribution in [1.29, 1.82) is 0 Å². The quantitative estimate of drug-likeness (QED) is 0.634. The molecule has 2 N–H and O–H groups in total. The van der Waals surface area contributed by atoms with E-state index in [2.05, 4.69) is 34.7 Å². The SMILES string of the molecule is NCc1ccc(CI)s1. The molecule has 0 aliphatic heterocycles. The molecular formula is C6H8INS. The minimum absolute atomic E-state index is 0.682. The molecule has 9 heavy (non-hydrogen) atoms. The van der Waals surface area contributed by atoms with Gasteiger partial charge in [-0.2, -0.15) is 0 Å². The average Bonchev–Trinajstić information content (AvgIpc) is 2.34. The van der Waals surface area contributed by atoms with Gasteiger partial charge < -0.3 is 5.73 Å². The molecule has 0 fully saturated rings. The van der Waals surface area contributed by atoms with Gasteiger partial charge in [0.2, 0.25) is 0 Å². The van der Waals surface area contributed by atoms with Crippen molar-refractivity contribution in [3.63, 3.8) is 0 Å². The Hall–Kier alpha value is 0.390. The first-order valence-corrected chi connectivity index (χ1v) is 5.04. The minimum atomic E-state index is 0.682. The molecular weight excluding hydrogens is 245 g/mol. The highest BCUT2D eigenvalue weighted by Gasteiger charge is 1.94. The van der Waals surface area contributed by atoms with Crippen LogP contribution in [0.1, 0.15) is 9.75 Å². The second-order valence-electron chi connectivity index (χ2n) is 1.71. The van der Waals surface area contributed by atoms with Crippen LogP contribution in [0.2, 0.25) is 0 Å². The van der Waals surface area contributed by atoms with Crippen molar-refractivity contribution in [1.82, 2.24) is 0 Å². The lowest BCUT2D eigenvalue weighted by molar-refractivity contribution is 1.11. The Morgan fingerprint density at radius 2 is 2.11 bits per heavy atom. The summed E-state index contributed by atoms with van der Waals surface area (Å²) < 4.78 is 1.10. The predicted octanol–water partition coefficient (Wildman–Crippen LogP) is 2.14. The first-order chi connectivity index (χ1) is 4.36. The molecule has 0 aliphatic carbocycles. The lowest BCUT2D eigenvalue weighted by Gasteiger charge is -1.83. The Morgan fingerprint density at radius 1 is 1.44 bits per heavy atom. The Balaban J connectivity index is 2.74. The zero-order valence-corrected chi connectivity index (χ0v) is 7.91. The predicted molar refractivity (Wildman–Crippen MR) is 49.9 cm³/mol. The van der Waals surface area contributed by atoms with Crippen molar-refractivity contribution in [3.8, 4) is 0 Å². The van der Waals surface area contributed by atoms with Gasteiger partial charge >= 0.3 is 0 Å². The summed E-state index contributed by atoms with van der Waals surface area (Å²) in [5.74, 6) is 0. The van der Waals surface area contributed by atoms with Gasteiger partial charge in [0.05, 0.1) is 0 Å². The molecule has 0 bridgehead atoms. The number of thiophene rings is 1. The molecule has 3 heteroatoms. The first kappa shape index (κ1) is 7.50. The van der Waals surface area contributed by atoms with E-state index in [1.54, 1.807) is 11.3 Å². The summed E-state index contributed by atoms with van der Waals surface area (Å²) in [5.41, 5.74) is 5.43. The molecule has 1 rings (SSSR count). The third-order valence-electron chi connectivity index (χ3n) is 1.05. The van der Waals surface area contributed by atoms with E-state index in [0.29, 0.717) is 6.54 Å².